The number of ether oxygens (including phenoxy) is 2. The predicted molar refractivity (Wildman–Crippen MR) is 100 cm³/mol. The molecule has 8 nitrogen and oxygen atoms in total. The minimum atomic E-state index is -0.119. The minimum absolute atomic E-state index is 0.119. The molecular weight excluding hydrogens is 332 g/mol. The number of nitrogens with zero attached hydrogens (tertiary/aromatic N) is 5. The van der Waals surface area contributed by atoms with Crippen molar-refractivity contribution in [3.63, 3.8) is 0 Å². The fraction of sp³-hybridized carbons (Fsp3) is 0.500. The largest absolute Gasteiger partial charge is 0.489 e. The quantitative estimate of drug-likeness (QED) is 0.632. The van der Waals surface area contributed by atoms with Gasteiger partial charge in [0.05, 0.1) is 12.8 Å². The molecule has 0 spiro atoms. The zero-order valence-electron chi connectivity index (χ0n) is 15.8. The molecule has 0 aliphatic rings. The summed E-state index contributed by atoms with van der Waals surface area (Å²) < 4.78 is 15.1. The third kappa shape index (κ3) is 3.65. The topological polar surface area (TPSA) is 78.5 Å². The highest BCUT2D eigenvalue weighted by Gasteiger charge is 2.17. The third-order valence-corrected chi connectivity index (χ3v) is 3.98. The van der Waals surface area contributed by atoms with Crippen LogP contribution in [-0.2, 0) is 4.74 Å². The molecule has 3 rings (SSSR count). The Morgan fingerprint density at radius 1 is 1.23 bits per heavy atom. The van der Waals surface area contributed by atoms with Crippen molar-refractivity contribution in [1.29, 1.82) is 0 Å². The summed E-state index contributed by atoms with van der Waals surface area (Å²) in [5, 5.41) is 12.1. The van der Waals surface area contributed by atoms with Crippen LogP contribution in [0.3, 0.4) is 0 Å². The van der Waals surface area contributed by atoms with Crippen LogP contribution in [0.2, 0.25) is 0 Å². The fourth-order valence-corrected chi connectivity index (χ4v) is 2.74. The van der Waals surface area contributed by atoms with Crippen LogP contribution < -0.4 is 10.1 Å². The van der Waals surface area contributed by atoms with Crippen molar-refractivity contribution >= 4 is 11.6 Å². The van der Waals surface area contributed by atoms with E-state index in [9.17, 15) is 0 Å². The van der Waals surface area contributed by atoms with Gasteiger partial charge in [-0.25, -0.2) is 9.20 Å². The Kier molecular flexibility index (Phi) is 5.72. The van der Waals surface area contributed by atoms with E-state index in [1.807, 2.05) is 45.4 Å². The van der Waals surface area contributed by atoms with Gasteiger partial charge in [0, 0.05) is 36.7 Å². The molecule has 140 valence electrons. The molecule has 0 saturated carbocycles. The Labute approximate surface area is 153 Å². The van der Waals surface area contributed by atoms with Crippen LogP contribution in [0.1, 0.15) is 40.3 Å². The van der Waals surface area contributed by atoms with E-state index in [0.29, 0.717) is 30.6 Å². The second kappa shape index (κ2) is 8.18. The monoisotopic (exact) mass is 358 g/mol. The molecule has 0 amide bonds. The van der Waals surface area contributed by atoms with E-state index in [0.717, 1.165) is 24.1 Å². The first-order valence-electron chi connectivity index (χ1n) is 9.10. The molecule has 0 radical (unpaired) electrons. The minimum Gasteiger partial charge on any atom is -0.489 e. The van der Waals surface area contributed by atoms with Gasteiger partial charge in [-0.2, -0.15) is 10.1 Å². The second-order valence-corrected chi connectivity index (χ2v) is 5.89. The maximum Gasteiger partial charge on any atom is 0.243 e. The van der Waals surface area contributed by atoms with Crippen LogP contribution in [0.25, 0.3) is 16.8 Å². The van der Waals surface area contributed by atoms with Gasteiger partial charge in [-0.15, -0.1) is 5.10 Å². The molecule has 0 aliphatic heterocycles. The van der Waals surface area contributed by atoms with E-state index < -0.39 is 0 Å². The highest BCUT2D eigenvalue weighted by Crippen LogP contribution is 2.33. The summed E-state index contributed by atoms with van der Waals surface area (Å²) in [5.74, 6) is 1.31. The van der Waals surface area contributed by atoms with Crippen LogP contribution >= 0.6 is 0 Å². The number of anilines is 1. The number of fused-ring (bicyclic) bond motifs is 1. The molecule has 3 aromatic heterocycles. The smallest absolute Gasteiger partial charge is 0.243 e. The third-order valence-electron chi connectivity index (χ3n) is 3.98. The van der Waals surface area contributed by atoms with Gasteiger partial charge >= 0.3 is 0 Å². The van der Waals surface area contributed by atoms with E-state index in [1.165, 1.54) is 0 Å². The highest BCUT2D eigenvalue weighted by molar-refractivity contribution is 5.77. The average molecular weight is 358 g/mol. The summed E-state index contributed by atoms with van der Waals surface area (Å²) in [5.41, 5.74) is 2.57. The van der Waals surface area contributed by atoms with Gasteiger partial charge in [-0.05, 0) is 33.3 Å². The summed E-state index contributed by atoms with van der Waals surface area (Å²) in [6.07, 6.45) is 6.56. The van der Waals surface area contributed by atoms with Crippen LogP contribution in [-0.4, -0.2) is 44.1 Å². The molecule has 26 heavy (non-hydrogen) atoms. The first-order chi connectivity index (χ1) is 12.7. The van der Waals surface area contributed by atoms with E-state index in [4.69, 9.17) is 9.47 Å². The standard InChI is InChI=1S/C18H26N6O2/c1-5-9-19-18-21-17-16(26-7-3)15(8-10-23(17)22-18)14-11-20-24(12-14)13(4)25-6-2/h8,10-13H,5-7,9H2,1-4H3,(H,19,22). The molecule has 3 aromatic rings. The van der Waals surface area contributed by atoms with Gasteiger partial charge in [-0.3, -0.25) is 0 Å². The van der Waals surface area contributed by atoms with Crippen LogP contribution in [0.4, 0.5) is 5.95 Å². The Balaban J connectivity index is 2.00. The van der Waals surface area contributed by atoms with Crippen molar-refractivity contribution in [2.75, 3.05) is 25.1 Å². The lowest BCUT2D eigenvalue weighted by Gasteiger charge is -2.12. The Hall–Kier alpha value is -2.61. The normalized spacial score (nSPS) is 12.5. The van der Waals surface area contributed by atoms with Crippen molar-refractivity contribution < 1.29 is 9.47 Å². The van der Waals surface area contributed by atoms with Crippen LogP contribution in [0, 0.1) is 0 Å². The molecule has 0 fully saturated rings. The van der Waals surface area contributed by atoms with E-state index in [-0.39, 0.29) is 6.23 Å². The van der Waals surface area contributed by atoms with Gasteiger partial charge in [0.25, 0.3) is 0 Å². The molecular formula is C18H26N6O2. The SMILES string of the molecule is CCCNc1nc2c(OCC)c(-c3cnn(C(C)OCC)c3)ccn2n1. The highest BCUT2D eigenvalue weighted by atomic mass is 16.5. The average Bonchev–Trinajstić information content (AvgIpc) is 3.27. The maximum atomic E-state index is 5.92. The molecule has 0 aromatic carbocycles. The summed E-state index contributed by atoms with van der Waals surface area (Å²) in [6, 6.07) is 1.98. The maximum absolute atomic E-state index is 5.92. The molecule has 8 heteroatoms. The first-order valence-corrected chi connectivity index (χ1v) is 9.10. The lowest BCUT2D eigenvalue weighted by Crippen LogP contribution is -2.09. The lowest BCUT2D eigenvalue weighted by atomic mass is 10.1. The van der Waals surface area contributed by atoms with Gasteiger partial charge in [0.15, 0.2) is 11.4 Å². The molecule has 1 atom stereocenters. The van der Waals surface area contributed by atoms with Gasteiger partial charge in [-0.1, -0.05) is 6.92 Å². The molecule has 1 N–H and O–H groups in total. The first kappa shape index (κ1) is 18.2. The number of pyridine rings is 1. The van der Waals surface area contributed by atoms with E-state index >= 15 is 0 Å². The van der Waals surface area contributed by atoms with Gasteiger partial charge in [0.2, 0.25) is 5.95 Å². The van der Waals surface area contributed by atoms with E-state index in [1.54, 1.807) is 9.20 Å². The summed E-state index contributed by atoms with van der Waals surface area (Å²) in [4.78, 5) is 4.59. The van der Waals surface area contributed by atoms with Crippen molar-refractivity contribution in [2.45, 2.75) is 40.3 Å². The number of nitrogens with one attached hydrogen (secondary N) is 1. The van der Waals surface area contributed by atoms with Crippen LogP contribution in [0.5, 0.6) is 5.75 Å². The molecule has 3 heterocycles. The number of hydrogen-bond acceptors (Lipinski definition) is 6. The fourth-order valence-electron chi connectivity index (χ4n) is 2.74. The Morgan fingerprint density at radius 3 is 2.81 bits per heavy atom. The Bertz CT molecular complexity index is 857. The van der Waals surface area contributed by atoms with Gasteiger partial charge in [0.1, 0.15) is 6.23 Å². The molecule has 1 unspecified atom stereocenters. The summed E-state index contributed by atoms with van der Waals surface area (Å²) in [6.45, 7) is 10.0. The van der Waals surface area contributed by atoms with Crippen LogP contribution in [0.15, 0.2) is 24.7 Å². The summed E-state index contributed by atoms with van der Waals surface area (Å²) in [7, 11) is 0. The zero-order chi connectivity index (χ0) is 18.5. The van der Waals surface area contributed by atoms with Crippen molar-refractivity contribution in [3.8, 4) is 16.9 Å². The number of rotatable bonds is 9. The predicted octanol–water partition coefficient (Wildman–Crippen LogP) is 3.37. The summed E-state index contributed by atoms with van der Waals surface area (Å²) >= 11 is 0. The van der Waals surface area contributed by atoms with Gasteiger partial charge < -0.3 is 14.8 Å². The number of aromatic nitrogens is 5. The zero-order valence-corrected chi connectivity index (χ0v) is 15.8. The molecule has 0 aliphatic carbocycles. The van der Waals surface area contributed by atoms with E-state index in [2.05, 4.69) is 27.4 Å². The van der Waals surface area contributed by atoms with Crippen molar-refractivity contribution in [3.05, 3.63) is 24.7 Å². The number of hydrogen-bond donors (Lipinski definition) is 1. The molecule has 0 bridgehead atoms. The molecule has 0 saturated heterocycles. The lowest BCUT2D eigenvalue weighted by molar-refractivity contribution is 0.0160. The second-order valence-electron chi connectivity index (χ2n) is 5.89. The van der Waals surface area contributed by atoms with Crippen molar-refractivity contribution in [2.24, 2.45) is 0 Å². The Morgan fingerprint density at radius 2 is 2.08 bits per heavy atom. The van der Waals surface area contributed by atoms with Crippen molar-refractivity contribution in [1.82, 2.24) is 24.4 Å².